The molecule has 0 radical (unpaired) electrons. The van der Waals surface area contributed by atoms with Crippen molar-refractivity contribution in [1.82, 2.24) is 25.7 Å². The summed E-state index contributed by atoms with van der Waals surface area (Å²) in [6, 6.07) is 6.08. The summed E-state index contributed by atoms with van der Waals surface area (Å²) >= 11 is 0. The number of carbonyl (C=O) groups excluding carboxylic acids is 1. The van der Waals surface area contributed by atoms with E-state index in [1.165, 1.54) is 12.1 Å². The minimum atomic E-state index is -0.304. The summed E-state index contributed by atoms with van der Waals surface area (Å²) in [4.78, 5) is 16.8. The zero-order valence-corrected chi connectivity index (χ0v) is 13.6. The molecule has 7 heteroatoms. The van der Waals surface area contributed by atoms with Gasteiger partial charge in [0.1, 0.15) is 11.6 Å². The highest BCUT2D eigenvalue weighted by molar-refractivity contribution is 5.80. The van der Waals surface area contributed by atoms with E-state index in [0.29, 0.717) is 13.1 Å². The zero-order chi connectivity index (χ0) is 16.9. The topological polar surface area (TPSA) is 71.0 Å². The van der Waals surface area contributed by atoms with Crippen molar-refractivity contribution in [3.63, 3.8) is 0 Å². The lowest BCUT2D eigenvalue weighted by Crippen LogP contribution is -2.35. The fourth-order valence-corrected chi connectivity index (χ4v) is 3.01. The summed E-state index contributed by atoms with van der Waals surface area (Å²) in [5.41, 5.74) is 6.81. The van der Waals surface area contributed by atoms with Crippen LogP contribution in [0.25, 0.3) is 0 Å². The second-order valence-electron chi connectivity index (χ2n) is 5.92. The Balaban J connectivity index is 1.64. The lowest BCUT2D eigenvalue weighted by atomic mass is 9.94. The maximum absolute atomic E-state index is 13.4. The SMILES string of the molecule is CCCn1ccnc1CNC(=O)C1CNNC1c1cccc(F)c1. The van der Waals surface area contributed by atoms with E-state index < -0.39 is 0 Å². The summed E-state index contributed by atoms with van der Waals surface area (Å²) < 4.78 is 15.5. The first kappa shape index (κ1) is 16.6. The first-order valence-electron chi connectivity index (χ1n) is 8.20. The van der Waals surface area contributed by atoms with Gasteiger partial charge in [-0.15, -0.1) is 0 Å². The quantitative estimate of drug-likeness (QED) is 0.750. The Kier molecular flexibility index (Phi) is 5.22. The van der Waals surface area contributed by atoms with Gasteiger partial charge in [-0.1, -0.05) is 19.1 Å². The minimum absolute atomic E-state index is 0.0761. The second-order valence-corrected chi connectivity index (χ2v) is 5.92. The van der Waals surface area contributed by atoms with Gasteiger partial charge >= 0.3 is 0 Å². The number of halogens is 1. The van der Waals surface area contributed by atoms with Crippen molar-refractivity contribution in [2.75, 3.05) is 6.54 Å². The van der Waals surface area contributed by atoms with E-state index in [-0.39, 0.29) is 23.7 Å². The van der Waals surface area contributed by atoms with Crippen molar-refractivity contribution < 1.29 is 9.18 Å². The summed E-state index contributed by atoms with van der Waals surface area (Å²) in [6.07, 6.45) is 4.67. The van der Waals surface area contributed by atoms with Gasteiger partial charge in [0.05, 0.1) is 18.5 Å². The number of hydrogen-bond acceptors (Lipinski definition) is 4. The number of hydrazine groups is 1. The van der Waals surface area contributed by atoms with Gasteiger partial charge in [-0.05, 0) is 24.1 Å². The number of aryl methyl sites for hydroxylation is 1. The van der Waals surface area contributed by atoms with Crippen LogP contribution < -0.4 is 16.2 Å². The maximum Gasteiger partial charge on any atom is 0.226 e. The predicted molar refractivity (Wildman–Crippen MR) is 88.1 cm³/mol. The van der Waals surface area contributed by atoms with Gasteiger partial charge in [-0.2, -0.15) is 0 Å². The molecular formula is C17H22FN5O. The molecule has 24 heavy (non-hydrogen) atoms. The highest BCUT2D eigenvalue weighted by atomic mass is 19.1. The molecule has 1 aromatic heterocycles. The van der Waals surface area contributed by atoms with Crippen molar-refractivity contribution >= 4 is 5.91 Å². The summed E-state index contributed by atoms with van der Waals surface area (Å²) in [7, 11) is 0. The van der Waals surface area contributed by atoms with Crippen LogP contribution in [0.2, 0.25) is 0 Å². The van der Waals surface area contributed by atoms with Crippen molar-refractivity contribution in [2.45, 2.75) is 32.5 Å². The number of hydrogen-bond donors (Lipinski definition) is 3. The fourth-order valence-electron chi connectivity index (χ4n) is 3.01. The van der Waals surface area contributed by atoms with E-state index in [9.17, 15) is 9.18 Å². The molecular weight excluding hydrogens is 309 g/mol. The van der Waals surface area contributed by atoms with E-state index in [1.54, 1.807) is 12.3 Å². The minimum Gasteiger partial charge on any atom is -0.349 e. The van der Waals surface area contributed by atoms with Crippen LogP contribution in [0.1, 0.15) is 30.8 Å². The lowest BCUT2D eigenvalue weighted by molar-refractivity contribution is -0.125. The third-order valence-corrected chi connectivity index (χ3v) is 4.21. The van der Waals surface area contributed by atoms with E-state index in [4.69, 9.17) is 0 Å². The van der Waals surface area contributed by atoms with Gasteiger partial charge in [0.2, 0.25) is 5.91 Å². The third kappa shape index (κ3) is 3.63. The van der Waals surface area contributed by atoms with Gasteiger partial charge in [-0.25, -0.2) is 14.8 Å². The number of imidazole rings is 1. The van der Waals surface area contributed by atoms with Crippen LogP contribution in [0.4, 0.5) is 4.39 Å². The van der Waals surface area contributed by atoms with Crippen molar-refractivity contribution in [3.8, 4) is 0 Å². The van der Waals surface area contributed by atoms with Crippen LogP contribution in [-0.2, 0) is 17.9 Å². The molecule has 2 heterocycles. The zero-order valence-electron chi connectivity index (χ0n) is 13.6. The number of nitrogens with zero attached hydrogens (tertiary/aromatic N) is 2. The highest BCUT2D eigenvalue weighted by Gasteiger charge is 2.34. The molecule has 1 aliphatic heterocycles. The number of carbonyl (C=O) groups is 1. The largest absolute Gasteiger partial charge is 0.349 e. The van der Waals surface area contributed by atoms with Gasteiger partial charge in [0.15, 0.2) is 0 Å². The summed E-state index contributed by atoms with van der Waals surface area (Å²) in [6.45, 7) is 3.86. The van der Waals surface area contributed by atoms with Crippen molar-refractivity contribution in [2.24, 2.45) is 5.92 Å². The van der Waals surface area contributed by atoms with Gasteiger partial charge in [0, 0.05) is 25.5 Å². The number of nitrogens with one attached hydrogen (secondary N) is 3. The fraction of sp³-hybridized carbons (Fsp3) is 0.412. The van der Waals surface area contributed by atoms with Crippen LogP contribution in [0.15, 0.2) is 36.7 Å². The Morgan fingerprint density at radius 1 is 1.50 bits per heavy atom. The molecule has 1 aromatic carbocycles. The maximum atomic E-state index is 13.4. The normalized spacial score (nSPS) is 20.2. The number of rotatable bonds is 6. The first-order valence-corrected chi connectivity index (χ1v) is 8.20. The molecule has 3 rings (SSSR count). The smallest absolute Gasteiger partial charge is 0.226 e. The Morgan fingerprint density at radius 3 is 3.17 bits per heavy atom. The molecule has 1 fully saturated rings. The third-order valence-electron chi connectivity index (χ3n) is 4.21. The lowest BCUT2D eigenvalue weighted by Gasteiger charge is -2.18. The average molecular weight is 331 g/mol. The Morgan fingerprint density at radius 2 is 2.38 bits per heavy atom. The van der Waals surface area contributed by atoms with Gasteiger partial charge in [0.25, 0.3) is 0 Å². The predicted octanol–water partition coefficient (Wildman–Crippen LogP) is 1.51. The number of benzene rings is 1. The van der Waals surface area contributed by atoms with E-state index in [1.807, 2.05) is 16.8 Å². The molecule has 2 atom stereocenters. The molecule has 2 unspecified atom stereocenters. The van der Waals surface area contributed by atoms with Crippen LogP contribution in [-0.4, -0.2) is 22.0 Å². The molecule has 128 valence electrons. The molecule has 0 bridgehead atoms. The van der Waals surface area contributed by atoms with Gasteiger partial charge < -0.3 is 9.88 Å². The highest BCUT2D eigenvalue weighted by Crippen LogP contribution is 2.25. The average Bonchev–Trinajstić information content (AvgIpc) is 3.22. The van der Waals surface area contributed by atoms with Crippen LogP contribution in [0.3, 0.4) is 0 Å². The Bertz CT molecular complexity index is 702. The van der Waals surface area contributed by atoms with Crippen molar-refractivity contribution in [1.29, 1.82) is 0 Å². The molecule has 1 aliphatic rings. The number of amides is 1. The molecule has 3 N–H and O–H groups in total. The standard InChI is InChI=1S/C17H22FN5O/c1-2-7-23-8-6-19-15(23)11-20-17(24)14-10-21-22-16(14)12-4-3-5-13(18)9-12/h3-6,8-9,14,16,21-22H,2,7,10-11H2,1H3,(H,20,24). The molecule has 6 nitrogen and oxygen atoms in total. The van der Waals surface area contributed by atoms with Gasteiger partial charge in [-0.3, -0.25) is 10.2 Å². The van der Waals surface area contributed by atoms with E-state index in [0.717, 1.165) is 24.4 Å². The van der Waals surface area contributed by atoms with E-state index >= 15 is 0 Å². The van der Waals surface area contributed by atoms with Crippen molar-refractivity contribution in [3.05, 3.63) is 53.9 Å². The molecule has 1 amide bonds. The molecule has 0 spiro atoms. The molecule has 0 saturated carbocycles. The first-order chi connectivity index (χ1) is 11.7. The molecule has 0 aliphatic carbocycles. The molecule has 2 aromatic rings. The van der Waals surface area contributed by atoms with Crippen LogP contribution >= 0.6 is 0 Å². The summed E-state index contributed by atoms with van der Waals surface area (Å²) in [5, 5.41) is 2.94. The Hall–Kier alpha value is -2.25. The monoisotopic (exact) mass is 331 g/mol. The van der Waals surface area contributed by atoms with Crippen LogP contribution in [0.5, 0.6) is 0 Å². The second kappa shape index (κ2) is 7.55. The molecule has 1 saturated heterocycles. The number of aromatic nitrogens is 2. The Labute approximate surface area is 140 Å². The summed E-state index contributed by atoms with van der Waals surface area (Å²) in [5.74, 6) is 0.155. The van der Waals surface area contributed by atoms with Crippen LogP contribution in [0, 0.1) is 11.7 Å². The van der Waals surface area contributed by atoms with E-state index in [2.05, 4.69) is 28.1 Å².